The summed E-state index contributed by atoms with van der Waals surface area (Å²) in [5.41, 5.74) is 4.25. The number of nitrogens with zero attached hydrogens (tertiary/aromatic N) is 2. The van der Waals surface area contributed by atoms with Gasteiger partial charge in [0.05, 0.1) is 40.8 Å². The summed E-state index contributed by atoms with van der Waals surface area (Å²) in [5, 5.41) is 0. The molecule has 9 heteroatoms. The summed E-state index contributed by atoms with van der Waals surface area (Å²) in [7, 11) is 0. The average Bonchev–Trinajstić information content (AvgIpc) is 3.27. The van der Waals surface area contributed by atoms with E-state index in [4.69, 9.17) is 18.9 Å². The molecular weight excluding hydrogens is 753 g/mol. The first kappa shape index (κ1) is 44.7. The maximum Gasteiger partial charge on any atom is 0.343 e. The van der Waals surface area contributed by atoms with Crippen molar-refractivity contribution < 1.29 is 33.3 Å². The van der Waals surface area contributed by atoms with Gasteiger partial charge in [0.15, 0.2) is 0 Å². The SMILES string of the molecule is CCCCCCCCCOc1ccc(/N=C/c2ccc(C(=O)Oc3cccc(OC(=O)c4ccc(/C=N/c5ccc(C(=O)OC(C)CCCCC)cc5)cc4)c3)cc2)cc1. The fraction of sp³-hybridized carbons (Fsp3) is 0.314. The highest BCUT2D eigenvalue weighted by Gasteiger charge is 2.14. The molecule has 0 N–H and O–H groups in total. The van der Waals surface area contributed by atoms with Gasteiger partial charge in [-0.3, -0.25) is 9.98 Å². The van der Waals surface area contributed by atoms with Crippen LogP contribution in [0.3, 0.4) is 0 Å². The molecule has 0 aromatic heterocycles. The van der Waals surface area contributed by atoms with Gasteiger partial charge >= 0.3 is 17.9 Å². The predicted octanol–water partition coefficient (Wildman–Crippen LogP) is 12.9. The number of aliphatic imine (C=N–C) groups is 2. The highest BCUT2D eigenvalue weighted by Crippen LogP contribution is 2.23. The van der Waals surface area contributed by atoms with Gasteiger partial charge in [0.1, 0.15) is 17.2 Å². The molecule has 0 spiro atoms. The van der Waals surface area contributed by atoms with Crippen molar-refractivity contribution in [3.63, 3.8) is 0 Å². The monoisotopic (exact) mass is 808 g/mol. The number of carbonyl (C=O) groups excluding carboxylic acids is 3. The van der Waals surface area contributed by atoms with Gasteiger partial charge in [0.25, 0.3) is 0 Å². The number of hydrogen-bond donors (Lipinski definition) is 0. The Hall–Kier alpha value is -6.35. The molecule has 0 aliphatic heterocycles. The van der Waals surface area contributed by atoms with E-state index in [0.29, 0.717) is 22.4 Å². The number of esters is 3. The van der Waals surface area contributed by atoms with Crippen LogP contribution in [0.5, 0.6) is 17.2 Å². The van der Waals surface area contributed by atoms with Crippen molar-refractivity contribution in [1.29, 1.82) is 0 Å². The Bertz CT molecular complexity index is 2140. The molecule has 312 valence electrons. The molecule has 5 aromatic rings. The van der Waals surface area contributed by atoms with Crippen LogP contribution >= 0.6 is 0 Å². The van der Waals surface area contributed by atoms with E-state index in [0.717, 1.165) is 61.3 Å². The highest BCUT2D eigenvalue weighted by molar-refractivity contribution is 5.94. The molecule has 60 heavy (non-hydrogen) atoms. The van der Waals surface area contributed by atoms with E-state index in [1.54, 1.807) is 103 Å². The third kappa shape index (κ3) is 15.4. The molecule has 1 atom stereocenters. The zero-order chi connectivity index (χ0) is 42.4. The summed E-state index contributed by atoms with van der Waals surface area (Å²) < 4.78 is 22.6. The second-order valence-corrected chi connectivity index (χ2v) is 14.7. The molecule has 0 fully saturated rings. The molecule has 0 aliphatic rings. The zero-order valence-corrected chi connectivity index (χ0v) is 35.0. The summed E-state index contributed by atoms with van der Waals surface area (Å²) >= 11 is 0. The predicted molar refractivity (Wildman–Crippen MR) is 239 cm³/mol. The van der Waals surface area contributed by atoms with Crippen molar-refractivity contribution in [2.24, 2.45) is 9.98 Å². The summed E-state index contributed by atoms with van der Waals surface area (Å²) in [4.78, 5) is 47.4. The molecule has 0 aliphatic carbocycles. The maximum atomic E-state index is 12.9. The lowest BCUT2D eigenvalue weighted by atomic mass is 10.1. The lowest BCUT2D eigenvalue weighted by Gasteiger charge is -2.13. The van der Waals surface area contributed by atoms with Gasteiger partial charge in [-0.2, -0.15) is 0 Å². The van der Waals surface area contributed by atoms with Crippen molar-refractivity contribution in [3.8, 4) is 17.2 Å². The van der Waals surface area contributed by atoms with Gasteiger partial charge in [-0.15, -0.1) is 0 Å². The van der Waals surface area contributed by atoms with Gasteiger partial charge in [-0.1, -0.05) is 95.5 Å². The third-order valence-corrected chi connectivity index (χ3v) is 9.72. The number of benzene rings is 5. The van der Waals surface area contributed by atoms with E-state index in [-0.39, 0.29) is 23.6 Å². The Morgan fingerprint density at radius 3 is 1.50 bits per heavy atom. The fourth-order valence-corrected chi connectivity index (χ4v) is 6.19. The summed E-state index contributed by atoms with van der Waals surface area (Å²) in [6, 6.07) is 34.7. The van der Waals surface area contributed by atoms with E-state index in [1.807, 2.05) is 31.2 Å². The van der Waals surface area contributed by atoms with Crippen LogP contribution in [0.4, 0.5) is 11.4 Å². The first-order valence-electron chi connectivity index (χ1n) is 21.2. The maximum absolute atomic E-state index is 12.9. The standard InChI is InChI=1S/C51H56N2O7/c1-4-6-8-9-10-11-13-34-57-46-32-30-45(31-33-46)53-37-40-20-24-42(25-21-40)51(56)60-48-17-14-16-47(35-48)59-50(55)41-22-18-39(19-23-41)36-52-44-28-26-43(27-29-44)49(54)58-38(3)15-12-7-5-2/h14,16-33,35-38H,4-13,15,34H2,1-3H3/b52-36+,53-37+. The van der Waals surface area contributed by atoms with Crippen LogP contribution < -0.4 is 14.2 Å². The van der Waals surface area contributed by atoms with Crippen LogP contribution in [0, 0.1) is 0 Å². The van der Waals surface area contributed by atoms with E-state index in [2.05, 4.69) is 23.8 Å². The Balaban J connectivity index is 1.05. The minimum atomic E-state index is -0.565. The van der Waals surface area contributed by atoms with Crippen LogP contribution in [0.25, 0.3) is 0 Å². The van der Waals surface area contributed by atoms with Crippen LogP contribution in [0.15, 0.2) is 131 Å². The lowest BCUT2D eigenvalue weighted by Crippen LogP contribution is -2.14. The molecular formula is C51H56N2O7. The fourth-order valence-electron chi connectivity index (χ4n) is 6.19. The van der Waals surface area contributed by atoms with Crippen molar-refractivity contribution >= 4 is 41.7 Å². The summed E-state index contributed by atoms with van der Waals surface area (Å²) in [5.74, 6) is -0.153. The van der Waals surface area contributed by atoms with Crippen molar-refractivity contribution in [2.75, 3.05) is 6.61 Å². The van der Waals surface area contributed by atoms with Crippen LogP contribution in [0.2, 0.25) is 0 Å². The minimum absolute atomic E-state index is 0.125. The van der Waals surface area contributed by atoms with Crippen LogP contribution in [-0.2, 0) is 4.74 Å². The van der Waals surface area contributed by atoms with Gasteiger partial charge < -0.3 is 18.9 Å². The molecule has 0 bridgehead atoms. The van der Waals surface area contributed by atoms with Gasteiger partial charge in [-0.25, -0.2) is 14.4 Å². The van der Waals surface area contributed by atoms with Gasteiger partial charge in [-0.05, 0) is 122 Å². The Morgan fingerprint density at radius 1 is 0.517 bits per heavy atom. The van der Waals surface area contributed by atoms with Crippen LogP contribution in [0.1, 0.15) is 134 Å². The lowest BCUT2D eigenvalue weighted by molar-refractivity contribution is 0.0319. The number of hydrogen-bond acceptors (Lipinski definition) is 9. The normalized spacial score (nSPS) is 11.7. The van der Waals surface area contributed by atoms with Crippen molar-refractivity contribution in [2.45, 2.75) is 97.5 Å². The summed E-state index contributed by atoms with van der Waals surface area (Å²) in [6.07, 6.45) is 16.2. The molecule has 5 aromatic carbocycles. The topological polar surface area (TPSA) is 113 Å². The van der Waals surface area contributed by atoms with Crippen molar-refractivity contribution in [3.05, 3.63) is 149 Å². The number of rotatable bonds is 23. The average molecular weight is 809 g/mol. The van der Waals surface area contributed by atoms with Gasteiger partial charge in [0.2, 0.25) is 0 Å². The molecule has 9 nitrogen and oxygen atoms in total. The van der Waals surface area contributed by atoms with E-state index in [1.165, 1.54) is 44.6 Å². The zero-order valence-electron chi connectivity index (χ0n) is 35.0. The highest BCUT2D eigenvalue weighted by atomic mass is 16.5. The smallest absolute Gasteiger partial charge is 0.343 e. The van der Waals surface area contributed by atoms with Gasteiger partial charge in [0, 0.05) is 18.5 Å². The first-order chi connectivity index (χ1) is 29.3. The minimum Gasteiger partial charge on any atom is -0.494 e. The number of carbonyl (C=O) groups is 3. The Labute approximate surface area is 354 Å². The van der Waals surface area contributed by atoms with E-state index < -0.39 is 11.9 Å². The van der Waals surface area contributed by atoms with E-state index >= 15 is 0 Å². The molecule has 0 saturated carbocycles. The second-order valence-electron chi connectivity index (χ2n) is 14.7. The molecule has 0 saturated heterocycles. The summed E-state index contributed by atoms with van der Waals surface area (Å²) in [6.45, 7) is 7.02. The number of ether oxygens (including phenoxy) is 4. The quantitative estimate of drug-likeness (QED) is 0.0279. The third-order valence-electron chi connectivity index (χ3n) is 9.72. The molecule has 0 heterocycles. The van der Waals surface area contributed by atoms with Crippen LogP contribution in [-0.4, -0.2) is 43.0 Å². The molecule has 1 unspecified atom stereocenters. The number of unbranched alkanes of at least 4 members (excludes halogenated alkanes) is 8. The second kappa shape index (κ2) is 24.5. The first-order valence-corrected chi connectivity index (χ1v) is 21.2. The largest absolute Gasteiger partial charge is 0.494 e. The van der Waals surface area contributed by atoms with E-state index in [9.17, 15) is 14.4 Å². The molecule has 0 radical (unpaired) electrons. The van der Waals surface area contributed by atoms with Crippen molar-refractivity contribution in [1.82, 2.24) is 0 Å². The Morgan fingerprint density at radius 2 is 0.967 bits per heavy atom. The molecule has 5 rings (SSSR count). The molecule has 0 amide bonds. The Kier molecular flexibility index (Phi) is 18.3.